The van der Waals surface area contributed by atoms with E-state index in [2.05, 4.69) is 27.7 Å². The smallest absolute Gasteiger partial charge is 0.460 e. The molecule has 0 aromatic heterocycles. The average molecular weight is 364 g/mol. The van der Waals surface area contributed by atoms with Crippen molar-refractivity contribution in [3.63, 3.8) is 0 Å². The van der Waals surface area contributed by atoms with Crippen molar-refractivity contribution >= 4 is 13.1 Å². The Bertz CT molecular complexity index is 537. The van der Waals surface area contributed by atoms with Gasteiger partial charge in [-0.05, 0) is 69.6 Å². The van der Waals surface area contributed by atoms with Crippen LogP contribution >= 0.6 is 0 Å². The highest BCUT2D eigenvalue weighted by Gasteiger charge is 2.65. The van der Waals surface area contributed by atoms with Crippen molar-refractivity contribution in [2.24, 2.45) is 23.2 Å². The minimum atomic E-state index is -0.452. The molecule has 1 saturated heterocycles. The van der Waals surface area contributed by atoms with Gasteiger partial charge in [0, 0.05) is 12.2 Å². The fraction of sp³-hybridized carbons (Fsp3) is 0.952. The quantitative estimate of drug-likeness (QED) is 0.516. The van der Waals surface area contributed by atoms with Crippen LogP contribution in [0.25, 0.3) is 0 Å². The molecule has 0 radical (unpaired) electrons. The lowest BCUT2D eigenvalue weighted by Gasteiger charge is -2.63. The molecule has 5 heteroatoms. The van der Waals surface area contributed by atoms with Gasteiger partial charge in [0.25, 0.3) is 0 Å². The summed E-state index contributed by atoms with van der Waals surface area (Å²) in [4.78, 5) is 12.4. The van der Waals surface area contributed by atoms with Crippen LogP contribution in [-0.4, -0.2) is 30.9 Å². The number of fused-ring (bicyclic) bond motifs is 1. The number of rotatable bonds is 5. The zero-order valence-corrected chi connectivity index (χ0v) is 17.8. The molecule has 0 N–H and O–H groups in total. The minimum Gasteiger partial charge on any atom is -0.460 e. The second-order valence-corrected chi connectivity index (χ2v) is 10.9. The maximum atomic E-state index is 12.4. The Hall–Kier alpha value is -0.545. The molecule has 148 valence electrons. The van der Waals surface area contributed by atoms with E-state index in [1.807, 2.05) is 20.8 Å². The lowest BCUT2D eigenvalue weighted by molar-refractivity contribution is -0.183. The van der Waals surface area contributed by atoms with Crippen LogP contribution in [0.1, 0.15) is 80.6 Å². The summed E-state index contributed by atoms with van der Waals surface area (Å²) >= 11 is 0. The average Bonchev–Trinajstić information content (AvgIpc) is 2.87. The number of esters is 1. The third-order valence-electron chi connectivity index (χ3n) is 6.87. The Labute approximate surface area is 159 Å². The predicted molar refractivity (Wildman–Crippen MR) is 104 cm³/mol. The van der Waals surface area contributed by atoms with Crippen LogP contribution in [0.4, 0.5) is 0 Å². The summed E-state index contributed by atoms with van der Waals surface area (Å²) < 4.78 is 18.4. The van der Waals surface area contributed by atoms with Gasteiger partial charge in [0.1, 0.15) is 5.60 Å². The molecule has 4 fully saturated rings. The van der Waals surface area contributed by atoms with E-state index in [1.165, 1.54) is 12.8 Å². The summed E-state index contributed by atoms with van der Waals surface area (Å²) in [6, 6.07) is 0. The Morgan fingerprint density at radius 3 is 2.54 bits per heavy atom. The number of carbonyl (C=O) groups excluding carboxylic acids is 1. The van der Waals surface area contributed by atoms with Crippen molar-refractivity contribution < 1.29 is 18.8 Å². The second kappa shape index (κ2) is 6.81. The van der Waals surface area contributed by atoms with Gasteiger partial charge in [-0.25, -0.2) is 0 Å². The van der Waals surface area contributed by atoms with Gasteiger partial charge in [0.2, 0.25) is 0 Å². The van der Waals surface area contributed by atoms with Crippen molar-refractivity contribution in [1.29, 1.82) is 0 Å². The monoisotopic (exact) mass is 364 g/mol. The van der Waals surface area contributed by atoms with Gasteiger partial charge in [-0.2, -0.15) is 0 Å². The molecule has 3 unspecified atom stereocenters. The largest absolute Gasteiger partial charge is 0.461 e. The number of hydrogen-bond acceptors (Lipinski definition) is 4. The molecule has 0 aromatic rings. The van der Waals surface area contributed by atoms with E-state index >= 15 is 0 Å². The fourth-order valence-electron chi connectivity index (χ4n) is 5.55. The lowest BCUT2D eigenvalue weighted by atomic mass is 9.44. The molecule has 3 aliphatic carbocycles. The molecular weight excluding hydrogens is 327 g/mol. The molecule has 2 bridgehead atoms. The van der Waals surface area contributed by atoms with Crippen molar-refractivity contribution in [3.8, 4) is 0 Å². The molecular formula is C21H37BO4. The molecule has 4 atom stereocenters. The van der Waals surface area contributed by atoms with Crippen molar-refractivity contribution in [2.45, 2.75) is 97.6 Å². The summed E-state index contributed by atoms with van der Waals surface area (Å²) in [5.41, 5.74) is -0.228. The van der Waals surface area contributed by atoms with Crippen LogP contribution in [0.15, 0.2) is 0 Å². The van der Waals surface area contributed by atoms with E-state index in [9.17, 15) is 4.79 Å². The van der Waals surface area contributed by atoms with E-state index in [-0.39, 0.29) is 24.5 Å². The Balaban J connectivity index is 1.67. The van der Waals surface area contributed by atoms with Crippen LogP contribution in [0, 0.1) is 23.2 Å². The highest BCUT2D eigenvalue weighted by Crippen LogP contribution is 2.65. The number of ether oxygens (including phenoxy) is 1. The van der Waals surface area contributed by atoms with E-state index < -0.39 is 5.60 Å². The molecule has 1 aliphatic heterocycles. The molecule has 4 rings (SSSR count). The molecule has 0 amide bonds. The van der Waals surface area contributed by atoms with E-state index in [1.54, 1.807) is 0 Å². The molecule has 3 saturated carbocycles. The van der Waals surface area contributed by atoms with Gasteiger partial charge in [0.15, 0.2) is 0 Å². The molecule has 4 aliphatic rings. The van der Waals surface area contributed by atoms with E-state index in [4.69, 9.17) is 14.0 Å². The van der Waals surface area contributed by atoms with Crippen molar-refractivity contribution in [3.05, 3.63) is 0 Å². The van der Waals surface area contributed by atoms with Gasteiger partial charge >= 0.3 is 13.1 Å². The molecule has 4 nitrogen and oxygen atoms in total. The summed E-state index contributed by atoms with van der Waals surface area (Å²) in [6.45, 7) is 15.6. The SMILES string of the molecule is CC(C)C[C@@H](CC(=O)OC(C)(C)C)B1OCC2(CCC3CC2C3(C)C)O1. The summed E-state index contributed by atoms with van der Waals surface area (Å²) in [5, 5.41) is 0. The third-order valence-corrected chi connectivity index (χ3v) is 6.87. The molecule has 1 heterocycles. The first kappa shape index (κ1) is 20.2. The fourth-order valence-corrected chi connectivity index (χ4v) is 5.55. The Morgan fingerprint density at radius 1 is 1.31 bits per heavy atom. The maximum absolute atomic E-state index is 12.4. The van der Waals surface area contributed by atoms with Crippen molar-refractivity contribution in [1.82, 2.24) is 0 Å². The highest BCUT2D eigenvalue weighted by atomic mass is 16.7. The van der Waals surface area contributed by atoms with Crippen LogP contribution < -0.4 is 0 Å². The normalized spacial score (nSPS) is 34.1. The number of hydrogen-bond donors (Lipinski definition) is 0. The molecule has 26 heavy (non-hydrogen) atoms. The third kappa shape index (κ3) is 3.85. The van der Waals surface area contributed by atoms with Crippen LogP contribution in [0.5, 0.6) is 0 Å². The van der Waals surface area contributed by atoms with E-state index in [0.717, 1.165) is 18.8 Å². The standard InChI is InChI=1S/C21H37BO4/c1-14(2)10-16(12-18(23)25-19(3,4)5)22-24-13-21(26-22)9-8-15-11-17(21)20(15,6)7/h14-17H,8-13H2,1-7H3/t15?,16-,17?,21?/m0/s1. The highest BCUT2D eigenvalue weighted by molar-refractivity contribution is 6.47. The lowest BCUT2D eigenvalue weighted by Crippen LogP contribution is -2.62. The second-order valence-electron chi connectivity index (χ2n) is 10.9. The van der Waals surface area contributed by atoms with E-state index in [0.29, 0.717) is 30.3 Å². The van der Waals surface area contributed by atoms with Crippen LogP contribution in [0.3, 0.4) is 0 Å². The summed E-state index contributed by atoms with van der Waals surface area (Å²) in [5.74, 6) is 1.82. The topological polar surface area (TPSA) is 44.8 Å². The van der Waals surface area contributed by atoms with Crippen LogP contribution in [0.2, 0.25) is 5.82 Å². The first-order chi connectivity index (χ1) is 11.9. The first-order valence-corrected chi connectivity index (χ1v) is 10.4. The Morgan fingerprint density at radius 2 is 2.00 bits per heavy atom. The first-order valence-electron chi connectivity index (χ1n) is 10.4. The Kier molecular flexibility index (Phi) is 5.29. The zero-order chi connectivity index (χ0) is 19.3. The van der Waals surface area contributed by atoms with Gasteiger partial charge in [-0.1, -0.05) is 27.7 Å². The van der Waals surface area contributed by atoms with Gasteiger partial charge in [0.05, 0.1) is 12.2 Å². The minimum absolute atomic E-state index is 0.0603. The predicted octanol–water partition coefficient (Wildman–Crippen LogP) is 4.86. The molecule has 0 aromatic carbocycles. The molecule has 1 spiro atoms. The van der Waals surface area contributed by atoms with Crippen LogP contribution in [-0.2, 0) is 18.8 Å². The van der Waals surface area contributed by atoms with Gasteiger partial charge in [-0.15, -0.1) is 0 Å². The maximum Gasteiger partial charge on any atom is 0.461 e. The number of carbonyl (C=O) groups is 1. The zero-order valence-electron chi connectivity index (χ0n) is 17.8. The van der Waals surface area contributed by atoms with Gasteiger partial charge in [-0.3, -0.25) is 4.79 Å². The van der Waals surface area contributed by atoms with Crippen molar-refractivity contribution in [2.75, 3.05) is 6.61 Å². The summed E-state index contributed by atoms with van der Waals surface area (Å²) in [6.07, 6.45) is 4.89. The van der Waals surface area contributed by atoms with Gasteiger partial charge < -0.3 is 14.0 Å². The summed E-state index contributed by atoms with van der Waals surface area (Å²) in [7, 11) is -0.280.